The van der Waals surface area contributed by atoms with Gasteiger partial charge in [-0.1, -0.05) is 0 Å². The lowest BCUT2D eigenvalue weighted by Gasteiger charge is -2.23. The van der Waals surface area contributed by atoms with E-state index in [1.165, 1.54) is 0 Å². The topological polar surface area (TPSA) is 69.6 Å². The van der Waals surface area contributed by atoms with Gasteiger partial charge in [-0.15, -0.1) is 11.6 Å². The van der Waals surface area contributed by atoms with Crippen LogP contribution in [0, 0.1) is 0 Å². The van der Waals surface area contributed by atoms with Gasteiger partial charge in [-0.3, -0.25) is 4.79 Å². The first-order valence-corrected chi connectivity index (χ1v) is 5.50. The Bertz CT molecular complexity index is 248. The van der Waals surface area contributed by atoms with Crippen LogP contribution in [0.3, 0.4) is 0 Å². The fourth-order valence-corrected chi connectivity index (χ4v) is 1.91. The molecule has 1 aliphatic rings. The molecule has 5 nitrogen and oxygen atoms in total. The average Bonchev–Trinajstić information content (AvgIpc) is 2.41. The molecule has 0 radical (unpaired) electrons. The van der Waals surface area contributed by atoms with Crippen molar-refractivity contribution in [3.8, 4) is 0 Å². The summed E-state index contributed by atoms with van der Waals surface area (Å²) in [4.78, 5) is 23.5. The molecule has 0 saturated carbocycles. The number of carbonyl (C=O) groups is 2. The van der Waals surface area contributed by atoms with E-state index in [9.17, 15) is 9.59 Å². The summed E-state index contributed by atoms with van der Waals surface area (Å²) in [7, 11) is 0. The zero-order chi connectivity index (χ0) is 11.3. The largest absolute Gasteiger partial charge is 0.465 e. The molecule has 0 aliphatic carbocycles. The van der Waals surface area contributed by atoms with Gasteiger partial charge in [0.05, 0.1) is 0 Å². The molecule has 0 bridgehead atoms. The predicted molar refractivity (Wildman–Crippen MR) is 56.1 cm³/mol. The van der Waals surface area contributed by atoms with Crippen LogP contribution in [0.4, 0.5) is 4.79 Å². The third-order valence-electron chi connectivity index (χ3n) is 2.47. The Labute approximate surface area is 93.4 Å². The van der Waals surface area contributed by atoms with E-state index in [2.05, 4.69) is 5.32 Å². The van der Waals surface area contributed by atoms with Crippen LogP contribution < -0.4 is 5.32 Å². The van der Waals surface area contributed by atoms with Gasteiger partial charge < -0.3 is 15.3 Å². The minimum Gasteiger partial charge on any atom is -0.465 e. The number of carboxylic acid groups (broad SMARTS) is 1. The quantitative estimate of drug-likeness (QED) is 0.697. The number of rotatable bonds is 2. The molecule has 0 aromatic rings. The number of likely N-dealkylation sites (tertiary alicyclic amines) is 1. The highest BCUT2D eigenvalue weighted by molar-refractivity contribution is 6.27. The minimum absolute atomic E-state index is 0.0419. The van der Waals surface area contributed by atoms with Gasteiger partial charge in [-0.05, 0) is 19.3 Å². The van der Waals surface area contributed by atoms with Gasteiger partial charge in [-0.2, -0.15) is 0 Å². The lowest BCUT2D eigenvalue weighted by atomic mass is 10.1. The fourth-order valence-electron chi connectivity index (χ4n) is 1.75. The van der Waals surface area contributed by atoms with Crippen LogP contribution in [-0.2, 0) is 4.79 Å². The van der Waals surface area contributed by atoms with E-state index in [0.717, 1.165) is 19.3 Å². The Kier molecular flexibility index (Phi) is 4.68. The molecule has 1 fully saturated rings. The standard InChI is InChI=1S/C9H15ClN2O3/c10-5-8(13)12-4-2-1-3-7(6-12)11-9(14)15/h7,11H,1-6H2,(H,14,15). The number of amides is 2. The van der Waals surface area contributed by atoms with Gasteiger partial charge in [0.2, 0.25) is 5.91 Å². The monoisotopic (exact) mass is 234 g/mol. The van der Waals surface area contributed by atoms with Crippen LogP contribution in [0.15, 0.2) is 0 Å². The molecule has 1 unspecified atom stereocenters. The highest BCUT2D eigenvalue weighted by Crippen LogP contribution is 2.11. The SMILES string of the molecule is O=C(O)NC1CCCCN(C(=O)CCl)C1. The summed E-state index contributed by atoms with van der Waals surface area (Å²) in [6.07, 6.45) is 1.57. The third kappa shape index (κ3) is 3.95. The molecule has 1 saturated heterocycles. The molecular formula is C9H15ClN2O3. The number of alkyl halides is 1. The summed E-state index contributed by atoms with van der Waals surface area (Å²) in [5.41, 5.74) is 0. The van der Waals surface area contributed by atoms with Crippen molar-refractivity contribution in [2.24, 2.45) is 0 Å². The van der Waals surface area contributed by atoms with Crippen molar-refractivity contribution in [3.63, 3.8) is 0 Å². The summed E-state index contributed by atoms with van der Waals surface area (Å²) in [5, 5.41) is 11.0. The lowest BCUT2D eigenvalue weighted by molar-refractivity contribution is -0.128. The first kappa shape index (κ1) is 12.1. The number of carbonyl (C=O) groups excluding carboxylic acids is 1. The van der Waals surface area contributed by atoms with Crippen LogP contribution in [0.25, 0.3) is 0 Å². The summed E-state index contributed by atoms with van der Waals surface area (Å²) in [6, 6.07) is -0.169. The van der Waals surface area contributed by atoms with Crippen LogP contribution in [0.1, 0.15) is 19.3 Å². The molecule has 0 spiro atoms. The van der Waals surface area contributed by atoms with E-state index in [-0.39, 0.29) is 17.8 Å². The fraction of sp³-hybridized carbons (Fsp3) is 0.778. The molecular weight excluding hydrogens is 220 g/mol. The molecule has 86 valence electrons. The van der Waals surface area contributed by atoms with Crippen molar-refractivity contribution in [1.29, 1.82) is 0 Å². The summed E-state index contributed by atoms with van der Waals surface area (Å²) in [5.74, 6) is -0.171. The second-order valence-corrected chi connectivity index (χ2v) is 3.88. The zero-order valence-electron chi connectivity index (χ0n) is 8.41. The van der Waals surface area contributed by atoms with Gasteiger partial charge in [-0.25, -0.2) is 4.79 Å². The van der Waals surface area contributed by atoms with Crippen molar-refractivity contribution in [3.05, 3.63) is 0 Å². The van der Waals surface area contributed by atoms with Crippen LogP contribution >= 0.6 is 11.6 Å². The molecule has 15 heavy (non-hydrogen) atoms. The van der Waals surface area contributed by atoms with E-state index >= 15 is 0 Å². The molecule has 1 rings (SSSR count). The molecule has 0 aromatic heterocycles. The summed E-state index contributed by atoms with van der Waals surface area (Å²) < 4.78 is 0. The first-order valence-electron chi connectivity index (χ1n) is 4.96. The zero-order valence-corrected chi connectivity index (χ0v) is 9.16. The Balaban J connectivity index is 2.52. The van der Waals surface area contributed by atoms with Crippen LogP contribution in [0.2, 0.25) is 0 Å². The number of hydrogen-bond acceptors (Lipinski definition) is 2. The van der Waals surface area contributed by atoms with Crippen molar-refractivity contribution in [2.75, 3.05) is 19.0 Å². The molecule has 1 heterocycles. The second kappa shape index (κ2) is 5.80. The average molecular weight is 235 g/mol. The molecule has 6 heteroatoms. The van der Waals surface area contributed by atoms with Gasteiger partial charge in [0.25, 0.3) is 0 Å². The van der Waals surface area contributed by atoms with Crippen molar-refractivity contribution in [2.45, 2.75) is 25.3 Å². The van der Waals surface area contributed by atoms with Crippen LogP contribution in [-0.4, -0.2) is 47.0 Å². The van der Waals surface area contributed by atoms with Gasteiger partial charge in [0.15, 0.2) is 0 Å². The highest BCUT2D eigenvalue weighted by Gasteiger charge is 2.22. The number of hydrogen-bond donors (Lipinski definition) is 2. The molecule has 2 amide bonds. The van der Waals surface area contributed by atoms with Crippen molar-refractivity contribution < 1.29 is 14.7 Å². The summed E-state index contributed by atoms with van der Waals surface area (Å²) >= 11 is 5.46. The van der Waals surface area contributed by atoms with Crippen molar-refractivity contribution >= 4 is 23.6 Å². The Morgan fingerprint density at radius 2 is 2.20 bits per heavy atom. The Hall–Kier alpha value is -0.970. The maximum atomic E-state index is 11.4. The maximum Gasteiger partial charge on any atom is 0.404 e. The normalized spacial score (nSPS) is 21.9. The van der Waals surface area contributed by atoms with Crippen molar-refractivity contribution in [1.82, 2.24) is 10.2 Å². The van der Waals surface area contributed by atoms with Gasteiger partial charge in [0, 0.05) is 19.1 Å². The van der Waals surface area contributed by atoms with E-state index in [1.807, 2.05) is 0 Å². The number of halogens is 1. The number of nitrogens with one attached hydrogen (secondary N) is 1. The molecule has 1 atom stereocenters. The Morgan fingerprint density at radius 1 is 1.47 bits per heavy atom. The van der Waals surface area contributed by atoms with E-state index in [1.54, 1.807) is 4.90 Å². The minimum atomic E-state index is -1.04. The van der Waals surface area contributed by atoms with Crippen LogP contribution in [0.5, 0.6) is 0 Å². The number of nitrogens with zero attached hydrogens (tertiary/aromatic N) is 1. The van der Waals surface area contributed by atoms with Gasteiger partial charge in [0.1, 0.15) is 5.88 Å². The highest BCUT2D eigenvalue weighted by atomic mass is 35.5. The van der Waals surface area contributed by atoms with E-state index < -0.39 is 6.09 Å². The molecule has 0 aromatic carbocycles. The summed E-state index contributed by atoms with van der Waals surface area (Å²) in [6.45, 7) is 1.10. The lowest BCUT2D eigenvalue weighted by Crippen LogP contribution is -2.44. The van der Waals surface area contributed by atoms with E-state index in [0.29, 0.717) is 13.1 Å². The maximum absolute atomic E-state index is 11.4. The van der Waals surface area contributed by atoms with E-state index in [4.69, 9.17) is 16.7 Å². The molecule has 2 N–H and O–H groups in total. The smallest absolute Gasteiger partial charge is 0.404 e. The van der Waals surface area contributed by atoms with Gasteiger partial charge >= 0.3 is 6.09 Å². The first-order chi connectivity index (χ1) is 7.13. The predicted octanol–water partition coefficient (Wildman–Crippen LogP) is 0.874. The molecule has 1 aliphatic heterocycles. The third-order valence-corrected chi connectivity index (χ3v) is 2.69. The second-order valence-electron chi connectivity index (χ2n) is 3.62. The Morgan fingerprint density at radius 3 is 2.80 bits per heavy atom.